The molecule has 0 radical (unpaired) electrons. The van der Waals surface area contributed by atoms with Gasteiger partial charge in [0.1, 0.15) is 11.9 Å². The lowest BCUT2D eigenvalue weighted by atomic mass is 10.1. The summed E-state index contributed by atoms with van der Waals surface area (Å²) in [6.07, 6.45) is 2.13. The highest BCUT2D eigenvalue weighted by Gasteiger charge is 2.00. The van der Waals surface area contributed by atoms with Gasteiger partial charge < -0.3 is 16.2 Å². The van der Waals surface area contributed by atoms with Gasteiger partial charge in [-0.25, -0.2) is 0 Å². The second-order valence-corrected chi connectivity index (χ2v) is 3.70. The van der Waals surface area contributed by atoms with Gasteiger partial charge in [0.15, 0.2) is 0 Å². The summed E-state index contributed by atoms with van der Waals surface area (Å²) in [6, 6.07) is 8.12. The predicted molar refractivity (Wildman–Crippen MR) is 63.0 cm³/mol. The van der Waals surface area contributed by atoms with Crippen LogP contribution in [0.3, 0.4) is 0 Å². The van der Waals surface area contributed by atoms with E-state index in [4.69, 9.17) is 16.2 Å². The van der Waals surface area contributed by atoms with Crippen molar-refractivity contribution in [2.24, 2.45) is 11.5 Å². The summed E-state index contributed by atoms with van der Waals surface area (Å²) in [7, 11) is 0. The molecule has 1 aromatic carbocycles. The summed E-state index contributed by atoms with van der Waals surface area (Å²) in [4.78, 5) is 0. The molecule has 0 fully saturated rings. The van der Waals surface area contributed by atoms with E-state index in [0.29, 0.717) is 6.54 Å². The molecule has 0 saturated heterocycles. The average Bonchev–Trinajstić information content (AvgIpc) is 2.28. The smallest absolute Gasteiger partial charge is 0.119 e. The molecule has 0 aliphatic rings. The fraction of sp³-hybridized carbons (Fsp3) is 0.500. The van der Waals surface area contributed by atoms with Crippen LogP contribution in [0.5, 0.6) is 5.75 Å². The molecule has 0 aliphatic heterocycles. The third kappa shape index (κ3) is 4.32. The van der Waals surface area contributed by atoms with Gasteiger partial charge in [0.05, 0.1) is 0 Å². The van der Waals surface area contributed by atoms with Gasteiger partial charge in [-0.1, -0.05) is 12.1 Å². The molecular weight excluding hydrogens is 188 g/mol. The molecule has 0 heterocycles. The van der Waals surface area contributed by atoms with E-state index in [1.54, 1.807) is 0 Å². The van der Waals surface area contributed by atoms with E-state index in [0.717, 1.165) is 25.1 Å². The Bertz CT molecular complexity index is 271. The standard InChI is InChI=1S/C12H20N2O/c1-10(9-14)15-12-6-4-11(5-7-12)3-2-8-13/h4-7,10H,2-3,8-9,13-14H2,1H3. The Labute approximate surface area is 91.4 Å². The Hall–Kier alpha value is -1.06. The average molecular weight is 208 g/mol. The second kappa shape index (κ2) is 6.43. The van der Waals surface area contributed by atoms with Crippen molar-refractivity contribution in [3.8, 4) is 5.75 Å². The molecule has 0 bridgehead atoms. The van der Waals surface area contributed by atoms with Crippen molar-refractivity contribution in [2.75, 3.05) is 13.1 Å². The van der Waals surface area contributed by atoms with E-state index in [1.165, 1.54) is 5.56 Å². The van der Waals surface area contributed by atoms with Gasteiger partial charge in [-0.2, -0.15) is 0 Å². The molecule has 0 spiro atoms. The highest BCUT2D eigenvalue weighted by molar-refractivity contribution is 5.27. The summed E-state index contributed by atoms with van der Waals surface area (Å²) < 4.78 is 5.57. The number of ether oxygens (including phenoxy) is 1. The van der Waals surface area contributed by atoms with Crippen LogP contribution in [-0.2, 0) is 6.42 Å². The first kappa shape index (κ1) is 12.0. The Morgan fingerprint density at radius 3 is 2.40 bits per heavy atom. The SMILES string of the molecule is CC(CN)Oc1ccc(CCCN)cc1. The number of rotatable bonds is 6. The molecule has 4 N–H and O–H groups in total. The minimum absolute atomic E-state index is 0.0693. The number of benzene rings is 1. The third-order valence-corrected chi connectivity index (χ3v) is 2.26. The van der Waals surface area contributed by atoms with Crippen molar-refractivity contribution in [2.45, 2.75) is 25.9 Å². The van der Waals surface area contributed by atoms with E-state index in [1.807, 2.05) is 19.1 Å². The van der Waals surface area contributed by atoms with Gasteiger partial charge in [0.2, 0.25) is 0 Å². The van der Waals surface area contributed by atoms with Gasteiger partial charge in [-0.15, -0.1) is 0 Å². The molecule has 15 heavy (non-hydrogen) atoms. The molecule has 0 aliphatic carbocycles. The zero-order chi connectivity index (χ0) is 11.1. The highest BCUT2D eigenvalue weighted by Crippen LogP contribution is 2.14. The summed E-state index contributed by atoms with van der Waals surface area (Å²) in [6.45, 7) is 3.24. The Morgan fingerprint density at radius 1 is 1.20 bits per heavy atom. The predicted octanol–water partition coefficient (Wildman–Crippen LogP) is 1.30. The second-order valence-electron chi connectivity index (χ2n) is 3.70. The number of aryl methyl sites for hydroxylation is 1. The van der Waals surface area contributed by atoms with Crippen LogP contribution in [0.25, 0.3) is 0 Å². The van der Waals surface area contributed by atoms with Crippen LogP contribution in [0, 0.1) is 0 Å². The summed E-state index contributed by atoms with van der Waals surface area (Å²) in [5.74, 6) is 0.879. The topological polar surface area (TPSA) is 61.3 Å². The van der Waals surface area contributed by atoms with Crippen molar-refractivity contribution in [1.82, 2.24) is 0 Å². The Balaban J connectivity index is 2.48. The Morgan fingerprint density at radius 2 is 1.87 bits per heavy atom. The maximum Gasteiger partial charge on any atom is 0.119 e. The molecule has 84 valence electrons. The van der Waals surface area contributed by atoms with Crippen molar-refractivity contribution < 1.29 is 4.74 Å². The minimum atomic E-state index is 0.0693. The number of hydrogen-bond donors (Lipinski definition) is 2. The fourth-order valence-electron chi connectivity index (χ4n) is 1.32. The third-order valence-electron chi connectivity index (χ3n) is 2.26. The Kier molecular flexibility index (Phi) is 5.15. The molecule has 0 saturated carbocycles. The molecule has 1 atom stereocenters. The van der Waals surface area contributed by atoms with Gasteiger partial charge in [0.25, 0.3) is 0 Å². The summed E-state index contributed by atoms with van der Waals surface area (Å²) in [5, 5.41) is 0. The van der Waals surface area contributed by atoms with Crippen LogP contribution in [0.2, 0.25) is 0 Å². The van der Waals surface area contributed by atoms with E-state index in [9.17, 15) is 0 Å². The quantitative estimate of drug-likeness (QED) is 0.741. The first-order chi connectivity index (χ1) is 7.26. The lowest BCUT2D eigenvalue weighted by molar-refractivity contribution is 0.230. The number of nitrogens with two attached hydrogens (primary N) is 2. The first-order valence-electron chi connectivity index (χ1n) is 5.42. The largest absolute Gasteiger partial charge is 0.489 e. The molecule has 0 aromatic heterocycles. The molecule has 1 unspecified atom stereocenters. The van der Waals surface area contributed by atoms with Crippen molar-refractivity contribution >= 4 is 0 Å². The zero-order valence-corrected chi connectivity index (χ0v) is 9.28. The van der Waals surface area contributed by atoms with Gasteiger partial charge in [-0.3, -0.25) is 0 Å². The lowest BCUT2D eigenvalue weighted by Crippen LogP contribution is -2.22. The van der Waals surface area contributed by atoms with Crippen LogP contribution >= 0.6 is 0 Å². The monoisotopic (exact) mass is 208 g/mol. The summed E-state index contributed by atoms with van der Waals surface area (Å²) >= 11 is 0. The van der Waals surface area contributed by atoms with Crippen LogP contribution in [0.1, 0.15) is 18.9 Å². The minimum Gasteiger partial charge on any atom is -0.489 e. The van der Waals surface area contributed by atoms with Crippen LogP contribution in [0.4, 0.5) is 0 Å². The molecule has 0 amide bonds. The first-order valence-corrected chi connectivity index (χ1v) is 5.42. The lowest BCUT2D eigenvalue weighted by Gasteiger charge is -2.12. The van der Waals surface area contributed by atoms with E-state index >= 15 is 0 Å². The van der Waals surface area contributed by atoms with Gasteiger partial charge in [-0.05, 0) is 44.0 Å². The molecule has 1 aromatic rings. The maximum atomic E-state index is 5.57. The maximum absolute atomic E-state index is 5.57. The molecule has 3 nitrogen and oxygen atoms in total. The van der Waals surface area contributed by atoms with Crippen LogP contribution < -0.4 is 16.2 Å². The molecular formula is C12H20N2O. The van der Waals surface area contributed by atoms with Gasteiger partial charge in [0, 0.05) is 6.54 Å². The molecule has 1 rings (SSSR count). The zero-order valence-electron chi connectivity index (χ0n) is 9.28. The van der Waals surface area contributed by atoms with Crippen LogP contribution in [0.15, 0.2) is 24.3 Å². The van der Waals surface area contributed by atoms with Crippen LogP contribution in [-0.4, -0.2) is 19.2 Å². The van der Waals surface area contributed by atoms with E-state index in [2.05, 4.69) is 12.1 Å². The summed E-state index contributed by atoms with van der Waals surface area (Å²) in [5.41, 5.74) is 12.2. The van der Waals surface area contributed by atoms with Crippen molar-refractivity contribution in [3.05, 3.63) is 29.8 Å². The highest BCUT2D eigenvalue weighted by atomic mass is 16.5. The normalized spacial score (nSPS) is 12.5. The van der Waals surface area contributed by atoms with Crippen molar-refractivity contribution in [3.63, 3.8) is 0 Å². The number of hydrogen-bond acceptors (Lipinski definition) is 3. The fourth-order valence-corrected chi connectivity index (χ4v) is 1.32. The van der Waals surface area contributed by atoms with E-state index in [-0.39, 0.29) is 6.10 Å². The van der Waals surface area contributed by atoms with E-state index < -0.39 is 0 Å². The molecule has 3 heteroatoms. The van der Waals surface area contributed by atoms with Crippen molar-refractivity contribution in [1.29, 1.82) is 0 Å². The van der Waals surface area contributed by atoms with Gasteiger partial charge >= 0.3 is 0 Å².